The van der Waals surface area contributed by atoms with E-state index in [2.05, 4.69) is 20.9 Å². The second-order valence-corrected chi connectivity index (χ2v) is 6.90. The molecule has 0 atom stereocenters. The summed E-state index contributed by atoms with van der Waals surface area (Å²) in [6.07, 6.45) is -1.57. The van der Waals surface area contributed by atoms with Gasteiger partial charge in [-0.3, -0.25) is 14.6 Å². The van der Waals surface area contributed by atoms with Crippen molar-refractivity contribution in [2.75, 3.05) is 0 Å². The maximum absolute atomic E-state index is 13.3. The molecule has 0 unspecified atom stereocenters. The van der Waals surface area contributed by atoms with E-state index < -0.39 is 28.9 Å². The Labute approximate surface area is 170 Å². The highest BCUT2D eigenvalue weighted by Crippen LogP contribution is 2.35. The summed E-state index contributed by atoms with van der Waals surface area (Å²) in [5.74, 6) is -0.703. The van der Waals surface area contributed by atoms with Crippen LogP contribution in [0.1, 0.15) is 21.6 Å². The van der Waals surface area contributed by atoms with E-state index in [9.17, 15) is 22.8 Å². The number of alkyl halides is 3. The number of pyridine rings is 2. The summed E-state index contributed by atoms with van der Waals surface area (Å²) in [5.41, 5.74) is 2.63. The number of nitrogens with zero attached hydrogens (tertiary/aromatic N) is 1. The zero-order chi connectivity index (χ0) is 21.2. The van der Waals surface area contributed by atoms with Gasteiger partial charge in [-0.15, -0.1) is 0 Å². The lowest BCUT2D eigenvalue weighted by atomic mass is 10.0. The van der Waals surface area contributed by atoms with Gasteiger partial charge in [-0.2, -0.15) is 13.2 Å². The van der Waals surface area contributed by atoms with Crippen molar-refractivity contribution in [2.45, 2.75) is 12.8 Å². The SMILES string of the molecule is NC(=O)c1cc(-c2ccc(OCc3cncc(Br)c3)cc2)c(C(F)(F)F)[nH]c1=O. The third-order valence-corrected chi connectivity index (χ3v) is 4.36. The Kier molecular flexibility index (Phi) is 5.73. The van der Waals surface area contributed by atoms with E-state index in [1.807, 2.05) is 6.07 Å². The molecule has 29 heavy (non-hydrogen) atoms. The van der Waals surface area contributed by atoms with Crippen molar-refractivity contribution in [3.05, 3.63) is 80.4 Å². The number of ether oxygens (including phenoxy) is 1. The Morgan fingerprint density at radius 2 is 1.86 bits per heavy atom. The van der Waals surface area contributed by atoms with Crippen molar-refractivity contribution in [3.63, 3.8) is 0 Å². The van der Waals surface area contributed by atoms with Crippen LogP contribution in [0.2, 0.25) is 0 Å². The minimum atomic E-state index is -4.83. The molecule has 2 aromatic heterocycles. The molecule has 3 N–H and O–H groups in total. The fraction of sp³-hybridized carbons (Fsp3) is 0.105. The number of halogens is 4. The summed E-state index contributed by atoms with van der Waals surface area (Å²) >= 11 is 3.30. The van der Waals surface area contributed by atoms with E-state index in [0.717, 1.165) is 16.1 Å². The van der Waals surface area contributed by atoms with Gasteiger partial charge < -0.3 is 15.5 Å². The van der Waals surface area contributed by atoms with E-state index in [4.69, 9.17) is 10.5 Å². The molecular formula is C19H13BrF3N3O3. The first-order chi connectivity index (χ1) is 13.6. The lowest BCUT2D eigenvalue weighted by molar-refractivity contribution is -0.140. The van der Waals surface area contributed by atoms with Crippen molar-refractivity contribution >= 4 is 21.8 Å². The van der Waals surface area contributed by atoms with Crippen LogP contribution in [0.15, 0.2) is 58.1 Å². The number of hydrogen-bond acceptors (Lipinski definition) is 4. The highest BCUT2D eigenvalue weighted by atomic mass is 79.9. The van der Waals surface area contributed by atoms with Crippen LogP contribution in [-0.2, 0) is 12.8 Å². The summed E-state index contributed by atoms with van der Waals surface area (Å²) in [4.78, 5) is 28.8. The van der Waals surface area contributed by atoms with Gasteiger partial charge in [0.05, 0.1) is 0 Å². The molecule has 0 fully saturated rings. The molecule has 0 spiro atoms. The summed E-state index contributed by atoms with van der Waals surface area (Å²) < 4.78 is 46.4. The van der Waals surface area contributed by atoms with Crippen LogP contribution in [0.5, 0.6) is 5.75 Å². The van der Waals surface area contributed by atoms with Crippen molar-refractivity contribution in [1.29, 1.82) is 0 Å². The Hall–Kier alpha value is -3.14. The number of primary amides is 1. The average molecular weight is 468 g/mol. The van der Waals surface area contributed by atoms with E-state index in [1.165, 1.54) is 24.3 Å². The monoisotopic (exact) mass is 467 g/mol. The Morgan fingerprint density at radius 3 is 2.45 bits per heavy atom. The molecule has 0 saturated heterocycles. The largest absolute Gasteiger partial charge is 0.489 e. The van der Waals surface area contributed by atoms with Gasteiger partial charge in [0.25, 0.3) is 11.5 Å². The first-order valence-corrected chi connectivity index (χ1v) is 8.91. The first-order valence-electron chi connectivity index (χ1n) is 8.12. The smallest absolute Gasteiger partial charge is 0.431 e. The molecule has 0 aliphatic rings. The second kappa shape index (κ2) is 8.08. The summed E-state index contributed by atoms with van der Waals surface area (Å²) in [7, 11) is 0. The number of nitrogens with one attached hydrogen (secondary N) is 1. The van der Waals surface area contributed by atoms with Crippen molar-refractivity contribution < 1.29 is 22.7 Å². The molecule has 3 aromatic rings. The Bertz CT molecular complexity index is 1110. The molecule has 10 heteroatoms. The minimum absolute atomic E-state index is 0.132. The second-order valence-electron chi connectivity index (χ2n) is 5.99. The number of carbonyl (C=O) groups excluding carboxylic acids is 1. The number of benzene rings is 1. The average Bonchev–Trinajstić information content (AvgIpc) is 2.66. The van der Waals surface area contributed by atoms with Gasteiger partial charge in [0.15, 0.2) is 0 Å². The highest BCUT2D eigenvalue weighted by molar-refractivity contribution is 9.10. The van der Waals surface area contributed by atoms with Crippen LogP contribution in [0.3, 0.4) is 0 Å². The van der Waals surface area contributed by atoms with Gasteiger partial charge in [-0.25, -0.2) is 0 Å². The molecule has 0 aliphatic heterocycles. The maximum atomic E-state index is 13.3. The molecule has 0 aliphatic carbocycles. The minimum Gasteiger partial charge on any atom is -0.489 e. The van der Waals surface area contributed by atoms with Crippen LogP contribution >= 0.6 is 15.9 Å². The van der Waals surface area contributed by atoms with E-state index in [0.29, 0.717) is 5.75 Å². The van der Waals surface area contributed by atoms with Gasteiger partial charge >= 0.3 is 6.18 Å². The predicted octanol–water partition coefficient (Wildman–Crippen LogP) is 3.90. The number of amides is 1. The van der Waals surface area contributed by atoms with Gasteiger partial charge in [0, 0.05) is 28.0 Å². The van der Waals surface area contributed by atoms with Crippen molar-refractivity contribution in [2.24, 2.45) is 5.73 Å². The number of aromatic nitrogens is 2. The quantitative estimate of drug-likeness (QED) is 0.594. The number of hydrogen-bond donors (Lipinski definition) is 2. The van der Waals surface area contributed by atoms with Gasteiger partial charge in [0.1, 0.15) is 23.6 Å². The van der Waals surface area contributed by atoms with Crippen molar-refractivity contribution in [1.82, 2.24) is 9.97 Å². The molecule has 1 aromatic carbocycles. The number of carbonyl (C=O) groups is 1. The molecule has 0 saturated carbocycles. The molecule has 150 valence electrons. The number of rotatable bonds is 5. The molecule has 1 amide bonds. The first kappa shape index (κ1) is 20.6. The van der Waals surface area contributed by atoms with E-state index in [1.54, 1.807) is 17.4 Å². The number of nitrogens with two attached hydrogens (primary N) is 1. The zero-order valence-electron chi connectivity index (χ0n) is 14.6. The van der Waals surface area contributed by atoms with E-state index in [-0.39, 0.29) is 17.7 Å². The molecule has 3 rings (SSSR count). The summed E-state index contributed by atoms with van der Waals surface area (Å²) in [6, 6.07) is 8.41. The zero-order valence-corrected chi connectivity index (χ0v) is 16.2. The topological polar surface area (TPSA) is 98.1 Å². The lowest BCUT2D eigenvalue weighted by Gasteiger charge is -2.14. The molecule has 6 nitrogen and oxygen atoms in total. The predicted molar refractivity (Wildman–Crippen MR) is 102 cm³/mol. The standard InChI is InChI=1S/C19H13BrF3N3O3/c20-12-5-10(7-25-8-12)9-29-13-3-1-11(2-4-13)14-6-15(17(24)27)18(28)26-16(14)19(21,22)23/h1-8H,9H2,(H2,24,27)(H,26,28). The molecule has 0 radical (unpaired) electrons. The molecule has 2 heterocycles. The van der Waals surface area contributed by atoms with Gasteiger partial charge in [-0.05, 0) is 45.8 Å². The fourth-order valence-corrected chi connectivity index (χ4v) is 3.01. The third-order valence-electron chi connectivity index (χ3n) is 3.92. The van der Waals surface area contributed by atoms with Crippen LogP contribution in [0.25, 0.3) is 11.1 Å². The summed E-state index contributed by atoms with van der Waals surface area (Å²) in [6.45, 7) is 0.212. The molecular weight excluding hydrogens is 455 g/mol. The van der Waals surface area contributed by atoms with Crippen LogP contribution in [0, 0.1) is 0 Å². The van der Waals surface area contributed by atoms with E-state index >= 15 is 0 Å². The van der Waals surface area contributed by atoms with Crippen LogP contribution < -0.4 is 16.0 Å². The fourth-order valence-electron chi connectivity index (χ4n) is 2.60. The molecule has 0 bridgehead atoms. The third kappa shape index (κ3) is 4.83. The Balaban J connectivity index is 1.91. The highest BCUT2D eigenvalue weighted by Gasteiger charge is 2.36. The normalized spacial score (nSPS) is 11.3. The number of H-pyrrole nitrogens is 1. The van der Waals surface area contributed by atoms with Crippen LogP contribution in [0.4, 0.5) is 13.2 Å². The number of aromatic amines is 1. The maximum Gasteiger partial charge on any atom is 0.431 e. The lowest BCUT2D eigenvalue weighted by Crippen LogP contribution is -2.27. The van der Waals surface area contributed by atoms with Gasteiger partial charge in [0.2, 0.25) is 0 Å². The van der Waals surface area contributed by atoms with Gasteiger partial charge in [-0.1, -0.05) is 12.1 Å². The Morgan fingerprint density at radius 1 is 1.17 bits per heavy atom. The van der Waals surface area contributed by atoms with Crippen LogP contribution in [-0.4, -0.2) is 15.9 Å². The summed E-state index contributed by atoms with van der Waals surface area (Å²) in [5, 5.41) is 0. The van der Waals surface area contributed by atoms with Crippen molar-refractivity contribution in [3.8, 4) is 16.9 Å².